The van der Waals surface area contributed by atoms with Crippen LogP contribution in [0.1, 0.15) is 17.7 Å². The standard InChI is InChI=1S/C22H28N4O5S2/c1-2-32(28,29)25-16-19-11-14-26(17-19)33(30,31)21-8-6-18(7-9-21)15-22(27)24-13-10-20-5-3-4-12-23-20/h2-9,12,19,25H,1,10-11,13-17H2,(H,24,27). The van der Waals surface area contributed by atoms with Crippen molar-refractivity contribution < 1.29 is 21.6 Å². The van der Waals surface area contributed by atoms with Gasteiger partial charge in [-0.3, -0.25) is 9.78 Å². The van der Waals surface area contributed by atoms with E-state index in [0.29, 0.717) is 31.5 Å². The molecular formula is C22H28N4O5S2. The van der Waals surface area contributed by atoms with Gasteiger partial charge >= 0.3 is 0 Å². The predicted octanol–water partition coefficient (Wildman–Crippen LogP) is 1.06. The molecule has 1 aliphatic rings. The first kappa shape index (κ1) is 25.0. The van der Waals surface area contributed by atoms with Gasteiger partial charge in [-0.15, -0.1) is 0 Å². The number of nitrogens with one attached hydrogen (secondary N) is 2. The van der Waals surface area contributed by atoms with Gasteiger partial charge in [0, 0.05) is 49.9 Å². The van der Waals surface area contributed by atoms with E-state index in [1.165, 1.54) is 16.4 Å². The van der Waals surface area contributed by atoms with Gasteiger partial charge in [-0.05, 0) is 42.2 Å². The van der Waals surface area contributed by atoms with E-state index in [9.17, 15) is 21.6 Å². The molecule has 1 unspecified atom stereocenters. The highest BCUT2D eigenvalue weighted by Crippen LogP contribution is 2.24. The van der Waals surface area contributed by atoms with Crippen molar-refractivity contribution >= 4 is 26.0 Å². The number of carbonyl (C=O) groups excluding carboxylic acids is 1. The largest absolute Gasteiger partial charge is 0.355 e. The second-order valence-electron chi connectivity index (χ2n) is 7.82. The second-order valence-corrected chi connectivity index (χ2v) is 11.5. The molecule has 1 saturated heterocycles. The SMILES string of the molecule is C=CS(=O)(=O)NCC1CCN(S(=O)(=O)c2ccc(CC(=O)NCCc3ccccn3)cc2)C1. The van der Waals surface area contributed by atoms with Crippen LogP contribution in [0, 0.1) is 5.92 Å². The quantitative estimate of drug-likeness (QED) is 0.483. The zero-order valence-corrected chi connectivity index (χ0v) is 19.8. The minimum atomic E-state index is -3.69. The van der Waals surface area contributed by atoms with Crippen LogP contribution in [-0.2, 0) is 37.7 Å². The van der Waals surface area contributed by atoms with E-state index >= 15 is 0 Å². The maximum absolute atomic E-state index is 12.9. The number of amides is 1. The zero-order chi connectivity index (χ0) is 23.9. The first-order valence-corrected chi connectivity index (χ1v) is 13.6. The molecule has 0 radical (unpaired) electrons. The lowest BCUT2D eigenvalue weighted by Crippen LogP contribution is -2.32. The summed E-state index contributed by atoms with van der Waals surface area (Å²) < 4.78 is 52.6. The van der Waals surface area contributed by atoms with Gasteiger partial charge < -0.3 is 5.32 Å². The van der Waals surface area contributed by atoms with Gasteiger partial charge in [-0.1, -0.05) is 24.8 Å². The summed E-state index contributed by atoms with van der Waals surface area (Å²) in [7, 11) is -7.23. The van der Waals surface area contributed by atoms with Crippen molar-refractivity contribution in [3.05, 3.63) is 71.9 Å². The molecule has 11 heteroatoms. The van der Waals surface area contributed by atoms with Gasteiger partial charge in [-0.2, -0.15) is 4.31 Å². The highest BCUT2D eigenvalue weighted by molar-refractivity contribution is 7.92. The summed E-state index contributed by atoms with van der Waals surface area (Å²) in [6.07, 6.45) is 3.06. The second kappa shape index (κ2) is 11.0. The minimum Gasteiger partial charge on any atom is -0.355 e. The maximum atomic E-state index is 12.9. The highest BCUT2D eigenvalue weighted by atomic mass is 32.2. The van der Waals surface area contributed by atoms with E-state index < -0.39 is 20.0 Å². The van der Waals surface area contributed by atoms with Crippen LogP contribution in [0.2, 0.25) is 0 Å². The number of carbonyl (C=O) groups is 1. The van der Waals surface area contributed by atoms with Crippen LogP contribution in [-0.4, -0.2) is 58.2 Å². The summed E-state index contributed by atoms with van der Waals surface area (Å²) in [5, 5.41) is 3.67. The van der Waals surface area contributed by atoms with Gasteiger partial charge in [0.1, 0.15) is 0 Å². The molecule has 9 nitrogen and oxygen atoms in total. The number of hydrogen-bond acceptors (Lipinski definition) is 6. The fraction of sp³-hybridized carbons (Fsp3) is 0.364. The number of benzene rings is 1. The van der Waals surface area contributed by atoms with Gasteiger partial charge in [0.2, 0.25) is 26.0 Å². The van der Waals surface area contributed by atoms with E-state index in [1.54, 1.807) is 18.3 Å². The Kier molecular flexibility index (Phi) is 8.35. The molecule has 0 spiro atoms. The summed E-state index contributed by atoms with van der Waals surface area (Å²) in [6, 6.07) is 11.9. The molecule has 2 N–H and O–H groups in total. The van der Waals surface area contributed by atoms with E-state index in [2.05, 4.69) is 21.6 Å². The van der Waals surface area contributed by atoms with Crippen molar-refractivity contribution in [1.29, 1.82) is 0 Å². The fourth-order valence-electron chi connectivity index (χ4n) is 3.53. The molecule has 1 aliphatic heterocycles. The molecule has 1 aromatic carbocycles. The van der Waals surface area contributed by atoms with Crippen molar-refractivity contribution in [3.8, 4) is 0 Å². The Morgan fingerprint density at radius 2 is 1.91 bits per heavy atom. The molecule has 33 heavy (non-hydrogen) atoms. The molecule has 0 aliphatic carbocycles. The number of rotatable bonds is 11. The van der Waals surface area contributed by atoms with Crippen LogP contribution < -0.4 is 10.0 Å². The molecule has 1 atom stereocenters. The van der Waals surface area contributed by atoms with Gasteiger partial charge in [0.25, 0.3) is 0 Å². The van der Waals surface area contributed by atoms with Crippen molar-refractivity contribution in [2.75, 3.05) is 26.2 Å². The average molecular weight is 493 g/mol. The molecule has 1 amide bonds. The number of aromatic nitrogens is 1. The number of nitrogens with zero attached hydrogens (tertiary/aromatic N) is 2. The average Bonchev–Trinajstić information content (AvgIpc) is 3.29. The van der Waals surface area contributed by atoms with Crippen LogP contribution in [0.15, 0.2) is 65.5 Å². The summed E-state index contributed by atoms with van der Waals surface area (Å²) in [5.74, 6) is -0.255. The first-order chi connectivity index (χ1) is 15.7. The highest BCUT2D eigenvalue weighted by Gasteiger charge is 2.32. The zero-order valence-electron chi connectivity index (χ0n) is 18.2. The van der Waals surface area contributed by atoms with E-state index in [-0.39, 0.29) is 36.2 Å². The van der Waals surface area contributed by atoms with Gasteiger partial charge in [-0.25, -0.2) is 21.6 Å². The number of pyridine rings is 1. The lowest BCUT2D eigenvalue weighted by atomic mass is 10.1. The lowest BCUT2D eigenvalue weighted by Gasteiger charge is -2.17. The van der Waals surface area contributed by atoms with Crippen molar-refractivity contribution in [3.63, 3.8) is 0 Å². The van der Waals surface area contributed by atoms with Crippen molar-refractivity contribution in [1.82, 2.24) is 19.3 Å². The molecule has 1 aromatic heterocycles. The summed E-state index contributed by atoms with van der Waals surface area (Å²) in [4.78, 5) is 16.5. The Labute approximate surface area is 195 Å². The fourth-order valence-corrected chi connectivity index (χ4v) is 5.64. The Hall–Kier alpha value is -2.60. The first-order valence-electron chi connectivity index (χ1n) is 10.6. The Morgan fingerprint density at radius 3 is 2.58 bits per heavy atom. The number of hydrogen-bond donors (Lipinski definition) is 2. The van der Waals surface area contributed by atoms with E-state index in [4.69, 9.17) is 0 Å². The molecule has 3 rings (SSSR count). The molecule has 178 valence electrons. The normalized spacial score (nSPS) is 17.0. The Bertz CT molecular complexity index is 1170. The minimum absolute atomic E-state index is 0.108. The third kappa shape index (κ3) is 7.19. The van der Waals surface area contributed by atoms with Crippen LogP contribution in [0.4, 0.5) is 0 Å². The molecule has 2 aromatic rings. The van der Waals surface area contributed by atoms with Gasteiger partial charge in [0.05, 0.1) is 11.3 Å². The molecular weight excluding hydrogens is 464 g/mol. The smallest absolute Gasteiger partial charge is 0.243 e. The van der Waals surface area contributed by atoms with Crippen molar-refractivity contribution in [2.24, 2.45) is 5.92 Å². The number of sulfonamides is 2. The molecule has 1 fully saturated rings. The maximum Gasteiger partial charge on any atom is 0.243 e. The monoisotopic (exact) mass is 492 g/mol. The Morgan fingerprint density at radius 1 is 1.15 bits per heavy atom. The topological polar surface area (TPSA) is 126 Å². The van der Waals surface area contributed by atoms with Crippen LogP contribution in [0.5, 0.6) is 0 Å². The van der Waals surface area contributed by atoms with E-state index in [1.807, 2.05) is 18.2 Å². The van der Waals surface area contributed by atoms with Crippen LogP contribution in [0.25, 0.3) is 0 Å². The summed E-state index contributed by atoms with van der Waals surface area (Å²) in [5.41, 5.74) is 1.61. The third-order valence-corrected chi connectivity index (χ3v) is 8.28. The molecule has 2 heterocycles. The Balaban J connectivity index is 1.50. The van der Waals surface area contributed by atoms with E-state index in [0.717, 1.165) is 11.1 Å². The summed E-state index contributed by atoms with van der Waals surface area (Å²) >= 11 is 0. The van der Waals surface area contributed by atoms with Crippen LogP contribution >= 0.6 is 0 Å². The summed E-state index contributed by atoms with van der Waals surface area (Å²) in [6.45, 7) is 4.44. The molecule has 0 bridgehead atoms. The third-order valence-electron chi connectivity index (χ3n) is 5.40. The molecule has 0 saturated carbocycles. The predicted molar refractivity (Wildman–Crippen MR) is 125 cm³/mol. The lowest BCUT2D eigenvalue weighted by molar-refractivity contribution is -0.120. The van der Waals surface area contributed by atoms with Crippen molar-refractivity contribution in [2.45, 2.75) is 24.2 Å². The van der Waals surface area contributed by atoms with Gasteiger partial charge in [0.15, 0.2) is 0 Å². The van der Waals surface area contributed by atoms with Crippen LogP contribution in [0.3, 0.4) is 0 Å².